The van der Waals surface area contributed by atoms with Crippen LogP contribution in [-0.2, 0) is 9.24 Å². The topological polar surface area (TPSA) is 124 Å². The van der Waals surface area contributed by atoms with Crippen LogP contribution in [0.15, 0.2) is 59.2 Å². The summed E-state index contributed by atoms with van der Waals surface area (Å²) in [6.07, 6.45) is 4.16. The summed E-state index contributed by atoms with van der Waals surface area (Å²) in [6, 6.07) is 9.73. The predicted molar refractivity (Wildman–Crippen MR) is 128 cm³/mol. The molecule has 2 aromatic rings. The van der Waals surface area contributed by atoms with Crippen molar-refractivity contribution in [1.82, 2.24) is 0 Å². The molecule has 0 radical (unpaired) electrons. The van der Waals surface area contributed by atoms with Crippen molar-refractivity contribution in [3.05, 3.63) is 91.5 Å². The third kappa shape index (κ3) is 5.93. The van der Waals surface area contributed by atoms with Crippen molar-refractivity contribution in [2.45, 2.75) is 27.7 Å². The van der Waals surface area contributed by atoms with Gasteiger partial charge in [-0.3, -0.25) is 5.41 Å². The summed E-state index contributed by atoms with van der Waals surface area (Å²) in [5.74, 6) is 0. The largest absolute Gasteiger partial charge is 0.674 e. The number of hydrogen-bond donors (Lipinski definition) is 2. The van der Waals surface area contributed by atoms with Crippen molar-refractivity contribution < 1.29 is 26.2 Å². The number of nitrogen functional groups attached to an aromatic ring is 1. The molecule has 0 aromatic heterocycles. The molecule has 1 aliphatic rings. The quantitative estimate of drug-likeness (QED) is 0.291. The minimum absolute atomic E-state index is 0. The fourth-order valence-electron chi connectivity index (χ4n) is 3.43. The average molecular weight is 495 g/mol. The number of aryl methyl sites for hydroxylation is 2. The van der Waals surface area contributed by atoms with Crippen LogP contribution in [0.25, 0.3) is 5.57 Å². The first-order chi connectivity index (χ1) is 15.0. The van der Waals surface area contributed by atoms with E-state index in [1.165, 1.54) is 0 Å². The Morgan fingerprint density at radius 3 is 1.91 bits per heavy atom. The molecule has 6 nitrogen and oxygen atoms in total. The van der Waals surface area contributed by atoms with Gasteiger partial charge < -0.3 is 15.9 Å². The lowest BCUT2D eigenvalue weighted by atomic mass is 9.85. The molecule has 0 saturated heterocycles. The van der Waals surface area contributed by atoms with Crippen molar-refractivity contribution in [2.24, 2.45) is 0 Å². The maximum absolute atomic E-state index is 8.87. The molecule has 2 aromatic carbocycles. The second-order valence-corrected chi connectivity index (χ2v) is 8.73. The highest BCUT2D eigenvalue weighted by molar-refractivity contribution is 7.30. The molecule has 170 valence electrons. The molecule has 0 spiro atoms. The number of anilines is 1. The molecule has 0 amide bonds. The maximum atomic E-state index is 8.87. The molecule has 1 atom stereocenters. The number of hydrogen-bond acceptors (Lipinski definition) is 5. The van der Waals surface area contributed by atoms with Gasteiger partial charge in [0.1, 0.15) is 0 Å². The van der Waals surface area contributed by atoms with Crippen LogP contribution in [0.4, 0.5) is 5.69 Å². The summed E-state index contributed by atoms with van der Waals surface area (Å²) in [6.45, 7) is 8.04. The van der Waals surface area contributed by atoms with E-state index in [1.54, 1.807) is 0 Å². The van der Waals surface area contributed by atoms with Crippen LogP contribution in [0.2, 0.25) is 10.0 Å². The van der Waals surface area contributed by atoms with Gasteiger partial charge in [0.2, 0.25) is 5.71 Å². The van der Waals surface area contributed by atoms with Crippen LogP contribution in [-0.4, -0.2) is 5.71 Å². The van der Waals surface area contributed by atoms with Gasteiger partial charge in [-0.1, -0.05) is 29.3 Å². The monoisotopic (exact) mass is 494 g/mol. The van der Waals surface area contributed by atoms with E-state index >= 15 is 0 Å². The second kappa shape index (κ2) is 11.0. The predicted octanol–water partition coefficient (Wildman–Crippen LogP) is 3.64. The van der Waals surface area contributed by atoms with Gasteiger partial charge in [-0.05, 0) is 96.5 Å². The van der Waals surface area contributed by atoms with Gasteiger partial charge in [0.05, 0.1) is 0 Å². The van der Waals surface area contributed by atoms with Crippen molar-refractivity contribution in [3.63, 3.8) is 0 Å². The minimum atomic E-state index is -3.15. The first-order valence-corrected chi connectivity index (χ1v) is 11.3. The highest BCUT2D eigenvalue weighted by atomic mass is 35.5. The molecule has 4 N–H and O–H groups in total. The Balaban J connectivity index is 0.000000821. The Hall–Kier alpha value is -2.31. The Morgan fingerprint density at radius 1 is 1.06 bits per heavy atom. The van der Waals surface area contributed by atoms with Crippen LogP contribution < -0.4 is 21.3 Å². The fraction of sp³-hybridized carbons (Fsp3) is 0.174. The van der Waals surface area contributed by atoms with Crippen LogP contribution in [0.3, 0.4) is 0 Å². The third-order valence-electron chi connectivity index (χ3n) is 5.04. The van der Waals surface area contributed by atoms with E-state index in [2.05, 4.69) is 29.0 Å². The van der Waals surface area contributed by atoms with Crippen molar-refractivity contribution >= 4 is 48.4 Å². The number of nitrogens with two attached hydrogens (primary N) is 2. The lowest BCUT2D eigenvalue weighted by Crippen LogP contribution is -2.41. The van der Waals surface area contributed by atoms with E-state index in [-0.39, 0.29) is 1.43 Å². The second-order valence-electron chi connectivity index (χ2n) is 7.32. The lowest BCUT2D eigenvalue weighted by molar-refractivity contribution is -0.644. The molecular weight excluding hydrogens is 470 g/mol. The molecule has 0 bridgehead atoms. The highest BCUT2D eigenvalue weighted by Crippen LogP contribution is 2.40. The van der Waals surface area contributed by atoms with Gasteiger partial charge >= 0.3 is 8.25 Å². The molecule has 0 saturated carbocycles. The van der Waals surface area contributed by atoms with Gasteiger partial charge in [-0.15, -0.1) is 0 Å². The zero-order chi connectivity index (χ0) is 24.2. The van der Waals surface area contributed by atoms with Crippen LogP contribution >= 0.6 is 31.5 Å². The van der Waals surface area contributed by atoms with Gasteiger partial charge in [-0.2, -0.15) is 0 Å². The fourth-order valence-corrected chi connectivity index (χ4v) is 4.02. The number of rotatable bonds is 3. The normalized spacial score (nSPS) is 13.7. The number of halogens is 2. The van der Waals surface area contributed by atoms with Crippen LogP contribution in [0.1, 0.15) is 37.5 Å². The zero-order valence-corrected chi connectivity index (χ0v) is 20.4. The average Bonchev–Trinajstić information content (AvgIpc) is 2.72. The Kier molecular flexibility index (Phi) is 8.93. The maximum Gasteiger partial charge on any atom is 0.479 e. The molecule has 0 heterocycles. The summed E-state index contributed by atoms with van der Waals surface area (Å²) in [5.41, 5.74) is 15.7. The van der Waals surface area contributed by atoms with Crippen LogP contribution in [0.5, 0.6) is 0 Å². The number of benzene rings is 2. The summed E-state index contributed by atoms with van der Waals surface area (Å²) in [4.78, 5) is 8.87. The zero-order valence-electron chi connectivity index (χ0n) is 18.0. The van der Waals surface area contributed by atoms with Crippen molar-refractivity contribution in [1.29, 1.82) is 0 Å². The summed E-state index contributed by atoms with van der Waals surface area (Å²) >= 11 is 13.2. The van der Waals surface area contributed by atoms with Crippen molar-refractivity contribution in [2.75, 3.05) is 5.73 Å². The van der Waals surface area contributed by atoms with Gasteiger partial charge in [0.25, 0.3) is 0 Å². The van der Waals surface area contributed by atoms with E-state index in [0.29, 0.717) is 10.0 Å². The Labute approximate surface area is 199 Å². The molecule has 9 heteroatoms. The Morgan fingerprint density at radius 2 is 1.50 bits per heavy atom. The molecule has 0 aliphatic heterocycles. The number of allylic oxidation sites excluding steroid dienone is 5. The highest BCUT2D eigenvalue weighted by Gasteiger charge is 2.22. The minimum Gasteiger partial charge on any atom is -0.674 e. The smallest absolute Gasteiger partial charge is 0.479 e. The van der Waals surface area contributed by atoms with E-state index in [9.17, 15) is 0 Å². The summed E-state index contributed by atoms with van der Waals surface area (Å²) in [5, 5.41) is 15.9. The van der Waals surface area contributed by atoms with Gasteiger partial charge in [0, 0.05) is 33.9 Å². The van der Waals surface area contributed by atoms with E-state index < -0.39 is 8.25 Å². The van der Waals surface area contributed by atoms with Crippen molar-refractivity contribution in [3.8, 4) is 0 Å². The molecule has 32 heavy (non-hydrogen) atoms. The van der Waals surface area contributed by atoms with Gasteiger partial charge in [0.15, 0.2) is 0 Å². The third-order valence-corrected chi connectivity index (χ3v) is 5.79. The molecule has 1 unspecified atom stereocenters. The molecule has 0 fully saturated rings. The first-order valence-electron chi connectivity index (χ1n) is 9.47. The summed E-state index contributed by atoms with van der Waals surface area (Å²) < 4.78 is 11.3. The van der Waals surface area contributed by atoms with E-state index in [1.807, 2.05) is 45.9 Å². The molecule has 3 rings (SSSR count). The molecule has 1 aliphatic carbocycles. The van der Waals surface area contributed by atoms with E-state index in [4.69, 9.17) is 49.1 Å². The lowest BCUT2D eigenvalue weighted by Gasteiger charge is -2.19. The molecular formula is C23H25Cl2N2O4P. The Bertz CT molecular complexity index is 1130. The summed E-state index contributed by atoms with van der Waals surface area (Å²) in [7, 11) is -3.15. The SMILES string of the molecule is CC1=CC(=C(c2cc(C)c(N)c(C)c2)c2c(Cl)cccc2Cl)C=C(C)C1=[NH2+].O=[P+]([O-])O[O-].[HH]. The van der Waals surface area contributed by atoms with Crippen LogP contribution in [0, 0.1) is 13.8 Å². The van der Waals surface area contributed by atoms with Gasteiger partial charge in [-0.25, -0.2) is 4.67 Å². The standard InChI is InChI=1S/C23H22Cl2N2.HO4P.H2/c1-12-8-16(9-13(2)22(12)26)20(21-18(24)6-5-7-19(21)25)17-10-14(3)23(27)15(4)11-17;1-4-5(2)3;/h5-11,26H,27H2,1-4H3;1H;1H. The van der Waals surface area contributed by atoms with E-state index in [0.717, 1.165) is 55.9 Å². The first kappa shape index (κ1) is 25.9.